The molecule has 0 atom stereocenters. The number of unbranched alkanes of at least 4 members (excludes halogenated alkanes) is 5. The summed E-state index contributed by atoms with van der Waals surface area (Å²) in [6.45, 7) is 2.26. The minimum absolute atomic E-state index is 0.896. The molecule has 0 amide bonds. The molecule has 2 nitrogen and oxygen atoms in total. The van der Waals surface area contributed by atoms with E-state index in [1.165, 1.54) is 49.7 Å². The van der Waals surface area contributed by atoms with E-state index in [0.29, 0.717) is 0 Å². The first-order chi connectivity index (χ1) is 10.8. The Labute approximate surface area is 134 Å². The van der Waals surface area contributed by atoms with Gasteiger partial charge in [0, 0.05) is 11.8 Å². The molecule has 0 spiro atoms. The molecule has 0 aliphatic carbocycles. The van der Waals surface area contributed by atoms with Crippen molar-refractivity contribution in [3.05, 3.63) is 48.2 Å². The Bertz CT molecular complexity index is 551. The van der Waals surface area contributed by atoms with E-state index in [0.717, 1.165) is 17.9 Å². The zero-order valence-electron chi connectivity index (χ0n) is 13.8. The second-order valence-electron chi connectivity index (χ2n) is 5.76. The molecular formula is C20H27NO. The molecule has 0 bridgehead atoms. The molecule has 0 saturated carbocycles. The van der Waals surface area contributed by atoms with E-state index in [9.17, 15) is 0 Å². The molecule has 0 N–H and O–H groups in total. The fourth-order valence-corrected chi connectivity index (χ4v) is 2.76. The maximum atomic E-state index is 5.37. The summed E-state index contributed by atoms with van der Waals surface area (Å²) in [6.07, 6.45) is 10.9. The summed E-state index contributed by atoms with van der Waals surface area (Å²) in [5.41, 5.74) is 3.60. The van der Waals surface area contributed by atoms with Crippen LogP contribution >= 0.6 is 0 Å². The average molecular weight is 297 g/mol. The van der Waals surface area contributed by atoms with Crippen LogP contribution in [0.2, 0.25) is 0 Å². The van der Waals surface area contributed by atoms with E-state index < -0.39 is 0 Å². The molecule has 0 saturated heterocycles. The van der Waals surface area contributed by atoms with Crippen LogP contribution in [0.15, 0.2) is 42.6 Å². The van der Waals surface area contributed by atoms with Gasteiger partial charge < -0.3 is 4.74 Å². The summed E-state index contributed by atoms with van der Waals surface area (Å²) in [7, 11) is 1.71. The van der Waals surface area contributed by atoms with Crippen LogP contribution in [0.3, 0.4) is 0 Å². The Hall–Kier alpha value is -1.83. The highest BCUT2D eigenvalue weighted by atomic mass is 16.5. The summed E-state index contributed by atoms with van der Waals surface area (Å²) in [5.74, 6) is 0.896. The predicted octanol–water partition coefficient (Wildman–Crippen LogP) is 5.66. The standard InChI is InChI=1S/C20H27NO/c1-3-4-5-6-7-8-11-17-13-14-18(22-2)16-19(17)20-12-9-10-15-21-20/h9-10,12-16H,3-8,11H2,1-2H3. The fraction of sp³-hybridized carbons (Fsp3) is 0.450. The van der Waals surface area contributed by atoms with Gasteiger partial charge in [-0.25, -0.2) is 0 Å². The van der Waals surface area contributed by atoms with Crippen LogP contribution in [0.5, 0.6) is 5.75 Å². The fourth-order valence-electron chi connectivity index (χ4n) is 2.76. The molecule has 0 radical (unpaired) electrons. The first kappa shape index (κ1) is 16.5. The van der Waals surface area contributed by atoms with Gasteiger partial charge in [0.25, 0.3) is 0 Å². The minimum Gasteiger partial charge on any atom is -0.497 e. The lowest BCUT2D eigenvalue weighted by Gasteiger charge is -2.11. The molecule has 0 aliphatic heterocycles. The van der Waals surface area contributed by atoms with E-state index in [1.807, 2.05) is 18.3 Å². The lowest BCUT2D eigenvalue weighted by Crippen LogP contribution is -1.94. The van der Waals surface area contributed by atoms with Crippen LogP contribution in [0.25, 0.3) is 11.3 Å². The lowest BCUT2D eigenvalue weighted by atomic mass is 9.98. The summed E-state index contributed by atoms with van der Waals surface area (Å²) in [6, 6.07) is 12.4. The van der Waals surface area contributed by atoms with Gasteiger partial charge in [0.05, 0.1) is 12.8 Å². The summed E-state index contributed by atoms with van der Waals surface area (Å²) < 4.78 is 5.37. The van der Waals surface area contributed by atoms with Gasteiger partial charge in [0.15, 0.2) is 0 Å². The van der Waals surface area contributed by atoms with E-state index >= 15 is 0 Å². The highest BCUT2D eigenvalue weighted by Gasteiger charge is 2.08. The van der Waals surface area contributed by atoms with Crippen LogP contribution in [-0.2, 0) is 6.42 Å². The third-order valence-corrected chi connectivity index (χ3v) is 4.06. The zero-order valence-corrected chi connectivity index (χ0v) is 13.8. The van der Waals surface area contributed by atoms with Gasteiger partial charge in [0.1, 0.15) is 5.75 Å². The van der Waals surface area contributed by atoms with E-state index in [2.05, 4.69) is 36.2 Å². The maximum absolute atomic E-state index is 5.37. The molecule has 22 heavy (non-hydrogen) atoms. The Morgan fingerprint density at radius 1 is 0.955 bits per heavy atom. The third kappa shape index (κ3) is 4.87. The van der Waals surface area contributed by atoms with Crippen LogP contribution < -0.4 is 4.74 Å². The number of pyridine rings is 1. The number of nitrogens with zero attached hydrogens (tertiary/aromatic N) is 1. The number of benzene rings is 1. The monoisotopic (exact) mass is 297 g/mol. The number of methoxy groups -OCH3 is 1. The molecule has 2 rings (SSSR count). The predicted molar refractivity (Wildman–Crippen MR) is 93.3 cm³/mol. The van der Waals surface area contributed by atoms with Gasteiger partial charge in [-0.2, -0.15) is 0 Å². The SMILES string of the molecule is CCCCCCCCc1ccc(OC)cc1-c1ccccn1. The molecular weight excluding hydrogens is 270 g/mol. The molecule has 2 aromatic rings. The maximum Gasteiger partial charge on any atom is 0.119 e. The van der Waals surface area contributed by atoms with Crippen molar-refractivity contribution >= 4 is 0 Å². The Morgan fingerprint density at radius 3 is 2.50 bits per heavy atom. The summed E-state index contributed by atoms with van der Waals surface area (Å²) >= 11 is 0. The molecule has 1 heterocycles. The molecule has 0 aliphatic rings. The Morgan fingerprint density at radius 2 is 1.77 bits per heavy atom. The molecule has 1 aromatic heterocycles. The van der Waals surface area contributed by atoms with Gasteiger partial charge in [-0.05, 0) is 42.7 Å². The van der Waals surface area contributed by atoms with Gasteiger partial charge in [0.2, 0.25) is 0 Å². The quantitative estimate of drug-likeness (QED) is 0.557. The van der Waals surface area contributed by atoms with E-state index in [4.69, 9.17) is 4.74 Å². The molecule has 118 valence electrons. The largest absolute Gasteiger partial charge is 0.497 e. The molecule has 1 aromatic carbocycles. The van der Waals surface area contributed by atoms with Gasteiger partial charge >= 0.3 is 0 Å². The smallest absolute Gasteiger partial charge is 0.119 e. The van der Waals surface area contributed by atoms with Crippen molar-refractivity contribution in [2.45, 2.75) is 51.9 Å². The zero-order chi connectivity index (χ0) is 15.6. The van der Waals surface area contributed by atoms with Gasteiger partial charge in [-0.1, -0.05) is 51.2 Å². The normalized spacial score (nSPS) is 10.6. The van der Waals surface area contributed by atoms with Crippen molar-refractivity contribution in [3.63, 3.8) is 0 Å². The van der Waals surface area contributed by atoms with Crippen molar-refractivity contribution in [3.8, 4) is 17.0 Å². The van der Waals surface area contributed by atoms with Crippen molar-refractivity contribution in [1.82, 2.24) is 4.98 Å². The second kappa shape index (κ2) is 9.24. The Kier molecular flexibility index (Phi) is 6.95. The van der Waals surface area contributed by atoms with E-state index in [-0.39, 0.29) is 0 Å². The van der Waals surface area contributed by atoms with Crippen LogP contribution in [0, 0.1) is 0 Å². The minimum atomic E-state index is 0.896. The van der Waals surface area contributed by atoms with Crippen LogP contribution in [0.4, 0.5) is 0 Å². The van der Waals surface area contributed by atoms with Crippen molar-refractivity contribution in [2.24, 2.45) is 0 Å². The molecule has 0 unspecified atom stereocenters. The number of hydrogen-bond acceptors (Lipinski definition) is 2. The number of rotatable bonds is 9. The topological polar surface area (TPSA) is 22.1 Å². The van der Waals surface area contributed by atoms with Crippen LogP contribution in [-0.4, -0.2) is 12.1 Å². The number of aromatic nitrogens is 1. The van der Waals surface area contributed by atoms with Crippen LogP contribution in [0.1, 0.15) is 51.0 Å². The first-order valence-corrected chi connectivity index (χ1v) is 8.43. The van der Waals surface area contributed by atoms with Gasteiger partial charge in [-0.15, -0.1) is 0 Å². The highest BCUT2D eigenvalue weighted by Crippen LogP contribution is 2.28. The average Bonchev–Trinajstić information content (AvgIpc) is 2.59. The third-order valence-electron chi connectivity index (χ3n) is 4.06. The number of aryl methyl sites for hydroxylation is 1. The number of hydrogen-bond donors (Lipinski definition) is 0. The number of ether oxygens (including phenoxy) is 1. The highest BCUT2D eigenvalue weighted by molar-refractivity contribution is 5.65. The first-order valence-electron chi connectivity index (χ1n) is 8.43. The summed E-state index contributed by atoms with van der Waals surface area (Å²) in [4.78, 5) is 4.50. The van der Waals surface area contributed by atoms with Crippen molar-refractivity contribution in [2.75, 3.05) is 7.11 Å². The molecule has 0 fully saturated rings. The lowest BCUT2D eigenvalue weighted by molar-refractivity contribution is 0.415. The Balaban J connectivity index is 2.04. The van der Waals surface area contributed by atoms with E-state index in [1.54, 1.807) is 7.11 Å². The van der Waals surface area contributed by atoms with Crippen molar-refractivity contribution in [1.29, 1.82) is 0 Å². The van der Waals surface area contributed by atoms with Gasteiger partial charge in [-0.3, -0.25) is 4.98 Å². The second-order valence-corrected chi connectivity index (χ2v) is 5.76. The van der Waals surface area contributed by atoms with Crippen molar-refractivity contribution < 1.29 is 4.74 Å². The molecule has 2 heteroatoms. The summed E-state index contributed by atoms with van der Waals surface area (Å²) in [5, 5.41) is 0.